The Bertz CT molecular complexity index is 370. The highest BCUT2D eigenvalue weighted by Crippen LogP contribution is 2.31. The highest BCUT2D eigenvalue weighted by atomic mass is 19.2. The topological polar surface area (TPSA) is 17.1 Å². The normalized spacial score (nSPS) is 15.6. The van der Waals surface area contributed by atoms with E-state index in [0.717, 1.165) is 18.9 Å². The van der Waals surface area contributed by atoms with Gasteiger partial charge in [0.2, 0.25) is 0 Å². The zero-order chi connectivity index (χ0) is 10.1. The van der Waals surface area contributed by atoms with Crippen LogP contribution in [-0.2, 0) is 11.2 Å². The van der Waals surface area contributed by atoms with Gasteiger partial charge < -0.3 is 0 Å². The molecule has 1 nitrogen and oxygen atoms in total. The summed E-state index contributed by atoms with van der Waals surface area (Å²) >= 11 is 0. The number of hydrogen-bond donors (Lipinski definition) is 0. The molecule has 0 aliphatic heterocycles. The van der Waals surface area contributed by atoms with Gasteiger partial charge in [-0.15, -0.1) is 0 Å². The lowest BCUT2D eigenvalue weighted by Crippen LogP contribution is -2.07. The van der Waals surface area contributed by atoms with E-state index < -0.39 is 11.6 Å². The predicted molar refractivity (Wildman–Crippen MR) is 47.8 cm³/mol. The van der Waals surface area contributed by atoms with E-state index in [0.29, 0.717) is 0 Å². The van der Waals surface area contributed by atoms with Gasteiger partial charge in [-0.3, -0.25) is 4.79 Å². The van der Waals surface area contributed by atoms with Crippen LogP contribution >= 0.6 is 0 Å². The molecule has 0 spiro atoms. The van der Waals surface area contributed by atoms with Crippen LogP contribution in [0.2, 0.25) is 0 Å². The summed E-state index contributed by atoms with van der Waals surface area (Å²) in [6, 6.07) is 3.94. The smallest absolute Gasteiger partial charge is 0.162 e. The van der Waals surface area contributed by atoms with Crippen molar-refractivity contribution in [3.05, 3.63) is 35.4 Å². The predicted octanol–water partition coefficient (Wildman–Crippen LogP) is 2.49. The van der Waals surface area contributed by atoms with Crippen molar-refractivity contribution < 1.29 is 13.6 Å². The second kappa shape index (κ2) is 3.48. The van der Waals surface area contributed by atoms with Crippen molar-refractivity contribution >= 4 is 5.78 Å². The summed E-state index contributed by atoms with van der Waals surface area (Å²) in [5.74, 6) is -1.65. The molecule has 0 amide bonds. The van der Waals surface area contributed by atoms with Crippen LogP contribution in [0.4, 0.5) is 8.78 Å². The van der Waals surface area contributed by atoms with Gasteiger partial charge in [-0.25, -0.2) is 8.78 Å². The third-order valence-corrected chi connectivity index (χ3v) is 2.43. The molecular formula is C11H10F2O. The van der Waals surface area contributed by atoms with Crippen molar-refractivity contribution in [2.24, 2.45) is 5.92 Å². The van der Waals surface area contributed by atoms with Gasteiger partial charge in [-0.1, -0.05) is 12.1 Å². The summed E-state index contributed by atoms with van der Waals surface area (Å²) in [6.07, 6.45) is 1.82. The molecule has 0 heterocycles. The first-order valence-electron chi connectivity index (χ1n) is 4.64. The molecule has 0 radical (unpaired) electrons. The molecule has 3 heteroatoms. The molecule has 0 unspecified atom stereocenters. The lowest BCUT2D eigenvalue weighted by molar-refractivity contribution is -0.119. The molecule has 1 aromatic carbocycles. The average molecular weight is 196 g/mol. The summed E-state index contributed by atoms with van der Waals surface area (Å²) in [7, 11) is 0. The second-order valence-corrected chi connectivity index (χ2v) is 3.63. The van der Waals surface area contributed by atoms with Crippen LogP contribution in [-0.4, -0.2) is 5.78 Å². The van der Waals surface area contributed by atoms with Crippen molar-refractivity contribution in [2.75, 3.05) is 0 Å². The molecule has 1 saturated carbocycles. The Kier molecular flexibility index (Phi) is 2.32. The molecule has 0 atom stereocenters. The van der Waals surface area contributed by atoms with Crippen molar-refractivity contribution in [1.82, 2.24) is 0 Å². The Morgan fingerprint density at radius 2 is 2.07 bits per heavy atom. The van der Waals surface area contributed by atoms with Crippen LogP contribution in [0.1, 0.15) is 18.4 Å². The summed E-state index contributed by atoms with van der Waals surface area (Å²) in [5.41, 5.74) is 0.168. The van der Waals surface area contributed by atoms with E-state index in [1.807, 2.05) is 0 Å². The third kappa shape index (κ3) is 1.81. The van der Waals surface area contributed by atoms with Crippen LogP contribution in [0, 0.1) is 17.6 Å². The number of Topliss-reactive ketones (excluding diaryl/α,β-unsaturated/α-hetero) is 1. The Balaban J connectivity index is 2.15. The fourth-order valence-electron chi connectivity index (χ4n) is 1.42. The molecule has 0 saturated heterocycles. The minimum absolute atomic E-state index is 0.0221. The minimum atomic E-state index is -0.888. The lowest BCUT2D eigenvalue weighted by atomic mass is 10.1. The SMILES string of the molecule is O=C(Cc1cccc(F)c1F)C1CC1. The minimum Gasteiger partial charge on any atom is -0.299 e. The Morgan fingerprint density at radius 1 is 1.36 bits per heavy atom. The maximum atomic E-state index is 13.1. The van der Waals surface area contributed by atoms with Gasteiger partial charge in [0.15, 0.2) is 11.6 Å². The van der Waals surface area contributed by atoms with Crippen LogP contribution in [0.15, 0.2) is 18.2 Å². The number of benzene rings is 1. The van der Waals surface area contributed by atoms with Crippen LogP contribution < -0.4 is 0 Å². The molecule has 1 aromatic rings. The molecule has 14 heavy (non-hydrogen) atoms. The van der Waals surface area contributed by atoms with Gasteiger partial charge in [0.25, 0.3) is 0 Å². The maximum absolute atomic E-state index is 13.1. The fourth-order valence-corrected chi connectivity index (χ4v) is 1.42. The summed E-state index contributed by atoms with van der Waals surface area (Å²) in [6.45, 7) is 0. The van der Waals surface area contributed by atoms with E-state index in [9.17, 15) is 13.6 Å². The van der Waals surface area contributed by atoms with Gasteiger partial charge >= 0.3 is 0 Å². The molecular weight excluding hydrogens is 186 g/mol. The molecule has 0 aromatic heterocycles. The van der Waals surface area contributed by atoms with Crippen LogP contribution in [0.25, 0.3) is 0 Å². The van der Waals surface area contributed by atoms with E-state index >= 15 is 0 Å². The number of halogens is 2. The van der Waals surface area contributed by atoms with Gasteiger partial charge in [0, 0.05) is 12.3 Å². The molecule has 1 fully saturated rings. The van der Waals surface area contributed by atoms with Crippen LogP contribution in [0.5, 0.6) is 0 Å². The molecule has 1 aliphatic carbocycles. The Morgan fingerprint density at radius 3 is 2.71 bits per heavy atom. The molecule has 2 rings (SSSR count). The zero-order valence-corrected chi connectivity index (χ0v) is 7.59. The number of rotatable bonds is 3. The third-order valence-electron chi connectivity index (χ3n) is 2.43. The van der Waals surface area contributed by atoms with Gasteiger partial charge in [-0.05, 0) is 24.5 Å². The fraction of sp³-hybridized carbons (Fsp3) is 0.364. The maximum Gasteiger partial charge on any atom is 0.162 e. The average Bonchev–Trinajstić information content (AvgIpc) is 2.95. The Hall–Kier alpha value is -1.25. The number of carbonyl (C=O) groups excluding carboxylic acids is 1. The monoisotopic (exact) mass is 196 g/mol. The van der Waals surface area contributed by atoms with E-state index in [4.69, 9.17) is 0 Å². The molecule has 0 N–H and O–H groups in total. The lowest BCUT2D eigenvalue weighted by Gasteiger charge is -2.01. The van der Waals surface area contributed by atoms with Gasteiger partial charge in [0.1, 0.15) is 5.78 Å². The number of hydrogen-bond acceptors (Lipinski definition) is 1. The summed E-state index contributed by atoms with van der Waals surface area (Å²) in [4.78, 5) is 11.3. The Labute approximate surface area is 80.7 Å². The first-order valence-corrected chi connectivity index (χ1v) is 4.64. The van der Waals surface area contributed by atoms with Crippen molar-refractivity contribution in [1.29, 1.82) is 0 Å². The van der Waals surface area contributed by atoms with Gasteiger partial charge in [-0.2, -0.15) is 0 Å². The van der Waals surface area contributed by atoms with Gasteiger partial charge in [0.05, 0.1) is 0 Å². The van der Waals surface area contributed by atoms with Crippen molar-refractivity contribution in [3.8, 4) is 0 Å². The first kappa shape index (κ1) is 9.31. The van der Waals surface area contributed by atoms with E-state index in [1.165, 1.54) is 12.1 Å². The van der Waals surface area contributed by atoms with Crippen molar-refractivity contribution in [3.63, 3.8) is 0 Å². The highest BCUT2D eigenvalue weighted by molar-refractivity contribution is 5.85. The number of ketones is 1. The van der Waals surface area contributed by atoms with E-state index in [1.54, 1.807) is 0 Å². The summed E-state index contributed by atoms with van der Waals surface area (Å²) < 4.78 is 25.9. The van der Waals surface area contributed by atoms with E-state index in [-0.39, 0.29) is 23.7 Å². The standard InChI is InChI=1S/C11H10F2O/c12-9-3-1-2-8(11(9)13)6-10(14)7-4-5-7/h1-3,7H,4-6H2. The molecule has 1 aliphatic rings. The largest absolute Gasteiger partial charge is 0.299 e. The second-order valence-electron chi connectivity index (χ2n) is 3.63. The zero-order valence-electron chi connectivity index (χ0n) is 7.59. The van der Waals surface area contributed by atoms with Crippen LogP contribution in [0.3, 0.4) is 0 Å². The molecule has 74 valence electrons. The molecule has 0 bridgehead atoms. The van der Waals surface area contributed by atoms with E-state index in [2.05, 4.69) is 0 Å². The van der Waals surface area contributed by atoms with Crippen molar-refractivity contribution in [2.45, 2.75) is 19.3 Å². The first-order chi connectivity index (χ1) is 6.68. The quantitative estimate of drug-likeness (QED) is 0.725. The summed E-state index contributed by atoms with van der Waals surface area (Å²) in [5, 5.41) is 0. The highest BCUT2D eigenvalue weighted by Gasteiger charge is 2.29. The number of carbonyl (C=O) groups is 1.